The molecule has 0 bridgehead atoms. The highest BCUT2D eigenvalue weighted by Gasteiger charge is 2.14. The van der Waals surface area contributed by atoms with Crippen LogP contribution in [0.4, 0.5) is 5.69 Å². The molecule has 1 aromatic heterocycles. The van der Waals surface area contributed by atoms with Gasteiger partial charge in [-0.3, -0.25) is 4.79 Å². The van der Waals surface area contributed by atoms with Crippen LogP contribution in [0.15, 0.2) is 34.7 Å². The first kappa shape index (κ1) is 13.9. The van der Waals surface area contributed by atoms with Crippen LogP contribution in [0.2, 0.25) is 10.0 Å². The van der Waals surface area contributed by atoms with Crippen molar-refractivity contribution in [1.29, 1.82) is 0 Å². The Morgan fingerprint density at radius 3 is 2.68 bits per heavy atom. The molecule has 19 heavy (non-hydrogen) atoms. The SMILES string of the molecule is CC(N)c1ccc(C(=O)Nc2cc(Cl)ccc2Cl)o1. The Balaban J connectivity index is 2.18. The molecule has 1 unspecified atom stereocenters. The molecule has 2 rings (SSSR count). The topological polar surface area (TPSA) is 68.3 Å². The standard InChI is InChI=1S/C13H12Cl2N2O2/c1-7(16)11-4-5-12(19-11)13(18)17-10-6-8(14)2-3-9(10)15/h2-7H,16H2,1H3,(H,17,18). The van der Waals surface area contributed by atoms with Gasteiger partial charge in [0, 0.05) is 5.02 Å². The second-order valence-electron chi connectivity index (χ2n) is 4.07. The lowest BCUT2D eigenvalue weighted by Gasteiger charge is -2.06. The van der Waals surface area contributed by atoms with Gasteiger partial charge in [-0.2, -0.15) is 0 Å². The van der Waals surface area contributed by atoms with Crippen molar-refractivity contribution < 1.29 is 9.21 Å². The van der Waals surface area contributed by atoms with Crippen LogP contribution in [0.5, 0.6) is 0 Å². The Kier molecular flexibility index (Phi) is 4.14. The largest absolute Gasteiger partial charge is 0.454 e. The number of halogens is 2. The zero-order valence-electron chi connectivity index (χ0n) is 10.1. The fourth-order valence-electron chi connectivity index (χ4n) is 1.50. The Morgan fingerprint density at radius 1 is 1.32 bits per heavy atom. The molecule has 0 aliphatic heterocycles. The first-order chi connectivity index (χ1) is 8.97. The molecule has 100 valence electrons. The Labute approximate surface area is 120 Å². The minimum atomic E-state index is -0.406. The first-order valence-electron chi connectivity index (χ1n) is 5.59. The van der Waals surface area contributed by atoms with E-state index in [1.165, 1.54) is 0 Å². The summed E-state index contributed by atoms with van der Waals surface area (Å²) in [4.78, 5) is 12.0. The van der Waals surface area contributed by atoms with Gasteiger partial charge in [-0.05, 0) is 37.3 Å². The lowest BCUT2D eigenvalue weighted by molar-refractivity contribution is 0.0994. The van der Waals surface area contributed by atoms with Gasteiger partial charge in [0.25, 0.3) is 5.91 Å². The number of hydrogen-bond donors (Lipinski definition) is 2. The monoisotopic (exact) mass is 298 g/mol. The fourth-order valence-corrected chi connectivity index (χ4v) is 1.83. The molecule has 6 heteroatoms. The molecule has 0 saturated heterocycles. The maximum atomic E-state index is 12.0. The van der Waals surface area contributed by atoms with Gasteiger partial charge in [0.2, 0.25) is 0 Å². The molecule has 1 amide bonds. The van der Waals surface area contributed by atoms with Crippen LogP contribution < -0.4 is 11.1 Å². The number of benzene rings is 1. The minimum absolute atomic E-state index is 0.170. The lowest BCUT2D eigenvalue weighted by Crippen LogP contribution is -2.11. The van der Waals surface area contributed by atoms with E-state index in [4.69, 9.17) is 33.4 Å². The third kappa shape index (κ3) is 3.29. The van der Waals surface area contributed by atoms with Crippen LogP contribution in [0.1, 0.15) is 29.3 Å². The van der Waals surface area contributed by atoms with E-state index in [2.05, 4.69) is 5.32 Å². The number of amides is 1. The zero-order chi connectivity index (χ0) is 14.0. The average Bonchev–Trinajstić information content (AvgIpc) is 2.83. The molecular weight excluding hydrogens is 287 g/mol. The van der Waals surface area contributed by atoms with E-state index < -0.39 is 5.91 Å². The third-order valence-electron chi connectivity index (χ3n) is 2.48. The Bertz CT molecular complexity index is 608. The zero-order valence-corrected chi connectivity index (χ0v) is 11.6. The number of rotatable bonds is 3. The summed E-state index contributed by atoms with van der Waals surface area (Å²) in [5.41, 5.74) is 6.09. The summed E-state index contributed by atoms with van der Waals surface area (Å²) in [5, 5.41) is 3.51. The normalized spacial score (nSPS) is 12.2. The second-order valence-corrected chi connectivity index (χ2v) is 4.91. The summed E-state index contributed by atoms with van der Waals surface area (Å²) >= 11 is 11.8. The molecule has 0 aliphatic rings. The van der Waals surface area contributed by atoms with Gasteiger partial charge in [0.05, 0.1) is 16.8 Å². The Morgan fingerprint density at radius 2 is 2.05 bits per heavy atom. The molecule has 4 nitrogen and oxygen atoms in total. The van der Waals surface area contributed by atoms with Crippen molar-refractivity contribution in [1.82, 2.24) is 0 Å². The molecule has 0 fully saturated rings. The second kappa shape index (κ2) is 5.65. The summed E-state index contributed by atoms with van der Waals surface area (Å²) in [5.74, 6) is 0.307. The lowest BCUT2D eigenvalue weighted by atomic mass is 10.3. The predicted octanol–water partition coefficient (Wildman–Crippen LogP) is 3.86. The van der Waals surface area contributed by atoms with Crippen molar-refractivity contribution in [3.05, 3.63) is 51.9 Å². The van der Waals surface area contributed by atoms with E-state index in [0.717, 1.165) is 0 Å². The molecule has 1 aromatic carbocycles. The van der Waals surface area contributed by atoms with Crippen molar-refractivity contribution in [3.63, 3.8) is 0 Å². The van der Waals surface area contributed by atoms with Gasteiger partial charge in [-0.25, -0.2) is 0 Å². The van der Waals surface area contributed by atoms with Crippen LogP contribution in [0.25, 0.3) is 0 Å². The number of hydrogen-bond acceptors (Lipinski definition) is 3. The first-order valence-corrected chi connectivity index (χ1v) is 6.34. The minimum Gasteiger partial charge on any atom is -0.454 e. The average molecular weight is 299 g/mol. The molecule has 0 spiro atoms. The van der Waals surface area contributed by atoms with E-state index in [1.54, 1.807) is 37.3 Å². The number of carbonyl (C=O) groups excluding carboxylic acids is 1. The van der Waals surface area contributed by atoms with Gasteiger partial charge in [-0.1, -0.05) is 23.2 Å². The molecule has 0 radical (unpaired) electrons. The van der Waals surface area contributed by atoms with Crippen molar-refractivity contribution >= 4 is 34.8 Å². The predicted molar refractivity (Wildman–Crippen MR) is 75.7 cm³/mol. The van der Waals surface area contributed by atoms with E-state index in [0.29, 0.717) is 21.5 Å². The molecular formula is C13H12Cl2N2O2. The van der Waals surface area contributed by atoms with E-state index in [-0.39, 0.29) is 11.8 Å². The highest BCUT2D eigenvalue weighted by molar-refractivity contribution is 6.35. The van der Waals surface area contributed by atoms with Crippen LogP contribution in [-0.2, 0) is 0 Å². The number of anilines is 1. The fraction of sp³-hybridized carbons (Fsp3) is 0.154. The number of nitrogens with one attached hydrogen (secondary N) is 1. The number of furan rings is 1. The third-order valence-corrected chi connectivity index (χ3v) is 3.04. The van der Waals surface area contributed by atoms with Gasteiger partial charge in [0.1, 0.15) is 5.76 Å². The van der Waals surface area contributed by atoms with Crippen molar-refractivity contribution in [2.75, 3.05) is 5.32 Å². The van der Waals surface area contributed by atoms with E-state index in [9.17, 15) is 4.79 Å². The summed E-state index contributed by atoms with van der Waals surface area (Å²) in [7, 11) is 0. The van der Waals surface area contributed by atoms with Gasteiger partial charge < -0.3 is 15.5 Å². The quantitative estimate of drug-likeness (QED) is 0.904. The van der Waals surface area contributed by atoms with Crippen LogP contribution >= 0.6 is 23.2 Å². The molecule has 2 aromatic rings. The molecule has 0 saturated carbocycles. The number of nitrogens with two attached hydrogens (primary N) is 1. The van der Waals surface area contributed by atoms with Crippen molar-refractivity contribution in [2.24, 2.45) is 5.73 Å². The van der Waals surface area contributed by atoms with E-state index in [1.807, 2.05) is 0 Å². The summed E-state index contributed by atoms with van der Waals surface area (Å²) < 4.78 is 5.34. The van der Waals surface area contributed by atoms with Gasteiger partial charge >= 0.3 is 0 Å². The van der Waals surface area contributed by atoms with Gasteiger partial charge in [-0.15, -0.1) is 0 Å². The summed E-state index contributed by atoms with van der Waals surface area (Å²) in [6.45, 7) is 1.77. The van der Waals surface area contributed by atoms with E-state index >= 15 is 0 Å². The van der Waals surface area contributed by atoms with Crippen LogP contribution in [-0.4, -0.2) is 5.91 Å². The van der Waals surface area contributed by atoms with Gasteiger partial charge in [0.15, 0.2) is 5.76 Å². The molecule has 0 aliphatic carbocycles. The number of carbonyl (C=O) groups is 1. The summed E-state index contributed by atoms with van der Waals surface area (Å²) in [6, 6.07) is 7.77. The van der Waals surface area contributed by atoms with Crippen molar-refractivity contribution in [2.45, 2.75) is 13.0 Å². The van der Waals surface area contributed by atoms with Crippen LogP contribution in [0, 0.1) is 0 Å². The molecule has 1 atom stereocenters. The van der Waals surface area contributed by atoms with Crippen LogP contribution in [0.3, 0.4) is 0 Å². The molecule has 3 N–H and O–H groups in total. The highest BCUT2D eigenvalue weighted by atomic mass is 35.5. The maximum Gasteiger partial charge on any atom is 0.291 e. The molecule has 1 heterocycles. The Hall–Kier alpha value is -1.49. The van der Waals surface area contributed by atoms with Crippen molar-refractivity contribution in [3.8, 4) is 0 Å². The smallest absolute Gasteiger partial charge is 0.291 e. The maximum absolute atomic E-state index is 12.0. The summed E-state index contributed by atoms with van der Waals surface area (Å²) in [6.07, 6.45) is 0. The highest BCUT2D eigenvalue weighted by Crippen LogP contribution is 2.26.